The first-order valence-corrected chi connectivity index (χ1v) is 8.19. The van der Waals surface area contributed by atoms with Crippen molar-refractivity contribution < 1.29 is 14.3 Å². The SMILES string of the molecule is COc1ccc(N2C(=O)C(Cl)=C(N3CCCCCC3)C2=O)cc1. The molecule has 6 heteroatoms. The number of benzene rings is 1. The molecule has 23 heavy (non-hydrogen) atoms. The molecule has 0 radical (unpaired) electrons. The third-order valence-corrected chi connectivity index (χ3v) is 4.60. The van der Waals surface area contributed by atoms with Gasteiger partial charge in [-0.05, 0) is 37.1 Å². The van der Waals surface area contributed by atoms with Crippen molar-refractivity contribution in [3.63, 3.8) is 0 Å². The molecule has 1 aromatic carbocycles. The fourth-order valence-corrected chi connectivity index (χ4v) is 3.31. The van der Waals surface area contributed by atoms with Crippen LogP contribution in [0.15, 0.2) is 35.0 Å². The largest absolute Gasteiger partial charge is 0.497 e. The van der Waals surface area contributed by atoms with Gasteiger partial charge in [-0.2, -0.15) is 0 Å². The summed E-state index contributed by atoms with van der Waals surface area (Å²) < 4.78 is 5.10. The number of nitrogens with zero attached hydrogens (tertiary/aromatic N) is 2. The molecule has 3 rings (SSSR count). The van der Waals surface area contributed by atoms with Crippen molar-refractivity contribution in [3.05, 3.63) is 35.0 Å². The van der Waals surface area contributed by atoms with Crippen LogP contribution in [0.5, 0.6) is 5.75 Å². The highest BCUT2D eigenvalue weighted by Crippen LogP contribution is 2.32. The predicted octanol–water partition coefficient (Wildman–Crippen LogP) is 2.89. The van der Waals surface area contributed by atoms with Crippen LogP contribution in [0.1, 0.15) is 25.7 Å². The van der Waals surface area contributed by atoms with Gasteiger partial charge in [0.25, 0.3) is 11.8 Å². The van der Waals surface area contributed by atoms with Crippen LogP contribution in [0.4, 0.5) is 5.69 Å². The molecule has 0 saturated carbocycles. The van der Waals surface area contributed by atoms with Crippen molar-refractivity contribution in [3.8, 4) is 5.75 Å². The highest BCUT2D eigenvalue weighted by Gasteiger charge is 2.41. The maximum Gasteiger partial charge on any atom is 0.283 e. The van der Waals surface area contributed by atoms with Gasteiger partial charge >= 0.3 is 0 Å². The normalized spacial score (nSPS) is 19.4. The zero-order valence-corrected chi connectivity index (χ0v) is 13.8. The van der Waals surface area contributed by atoms with Gasteiger partial charge in [-0.3, -0.25) is 9.59 Å². The van der Waals surface area contributed by atoms with Gasteiger partial charge in [0.05, 0.1) is 12.8 Å². The average Bonchev–Trinajstić information content (AvgIpc) is 2.77. The summed E-state index contributed by atoms with van der Waals surface area (Å²) >= 11 is 6.21. The van der Waals surface area contributed by atoms with Crippen molar-refractivity contribution in [2.45, 2.75) is 25.7 Å². The summed E-state index contributed by atoms with van der Waals surface area (Å²) in [6.07, 6.45) is 4.31. The average molecular weight is 335 g/mol. The second kappa shape index (κ2) is 6.62. The van der Waals surface area contributed by atoms with E-state index in [1.807, 2.05) is 4.90 Å². The Morgan fingerprint density at radius 1 is 0.957 bits per heavy atom. The number of ether oxygens (including phenoxy) is 1. The molecule has 0 aliphatic carbocycles. The van der Waals surface area contributed by atoms with Crippen LogP contribution in [-0.2, 0) is 9.59 Å². The number of amides is 2. The molecule has 2 heterocycles. The number of hydrogen-bond acceptors (Lipinski definition) is 4. The zero-order chi connectivity index (χ0) is 16.4. The van der Waals surface area contributed by atoms with E-state index in [1.54, 1.807) is 31.4 Å². The van der Waals surface area contributed by atoms with Crippen LogP contribution >= 0.6 is 11.6 Å². The molecule has 1 fully saturated rings. The maximum atomic E-state index is 12.8. The fraction of sp³-hybridized carbons (Fsp3) is 0.412. The highest BCUT2D eigenvalue weighted by atomic mass is 35.5. The number of halogens is 1. The third kappa shape index (κ3) is 2.93. The van der Waals surface area contributed by atoms with Gasteiger partial charge in [0.1, 0.15) is 16.5 Å². The Morgan fingerprint density at radius 3 is 2.13 bits per heavy atom. The third-order valence-electron chi connectivity index (χ3n) is 4.26. The molecule has 5 nitrogen and oxygen atoms in total. The molecule has 0 N–H and O–H groups in total. The second-order valence-electron chi connectivity index (χ2n) is 5.71. The molecule has 0 spiro atoms. The van der Waals surface area contributed by atoms with E-state index in [0.29, 0.717) is 17.1 Å². The molecule has 2 aliphatic heterocycles. The smallest absolute Gasteiger partial charge is 0.283 e. The first-order chi connectivity index (χ1) is 11.1. The van der Waals surface area contributed by atoms with Crippen LogP contribution in [-0.4, -0.2) is 36.9 Å². The molecule has 122 valence electrons. The number of imide groups is 1. The molecular weight excluding hydrogens is 316 g/mol. The van der Waals surface area contributed by atoms with Crippen molar-refractivity contribution in [1.82, 2.24) is 4.90 Å². The molecule has 2 amide bonds. The monoisotopic (exact) mass is 334 g/mol. The minimum absolute atomic E-state index is 0.0210. The minimum atomic E-state index is -0.457. The van der Waals surface area contributed by atoms with Crippen LogP contribution < -0.4 is 9.64 Å². The molecular formula is C17H19ClN2O3. The molecule has 1 aromatic rings. The lowest BCUT2D eigenvalue weighted by molar-refractivity contribution is -0.121. The number of likely N-dealkylation sites (tertiary alicyclic amines) is 1. The van der Waals surface area contributed by atoms with Crippen molar-refractivity contribution in [2.75, 3.05) is 25.1 Å². The molecule has 0 atom stereocenters. The van der Waals surface area contributed by atoms with E-state index in [1.165, 1.54) is 0 Å². The highest BCUT2D eigenvalue weighted by molar-refractivity contribution is 6.52. The number of anilines is 1. The van der Waals surface area contributed by atoms with Crippen molar-refractivity contribution >= 4 is 29.1 Å². The lowest BCUT2D eigenvalue weighted by Gasteiger charge is -2.23. The van der Waals surface area contributed by atoms with E-state index in [-0.39, 0.29) is 10.9 Å². The summed E-state index contributed by atoms with van der Waals surface area (Å²) in [4.78, 5) is 28.3. The quantitative estimate of drug-likeness (QED) is 0.798. The Morgan fingerprint density at radius 2 is 1.57 bits per heavy atom. The van der Waals surface area contributed by atoms with Crippen LogP contribution in [0, 0.1) is 0 Å². The Balaban J connectivity index is 1.88. The first kappa shape index (κ1) is 15.9. The number of carbonyl (C=O) groups excluding carboxylic acids is 2. The van der Waals surface area contributed by atoms with Gasteiger partial charge < -0.3 is 9.64 Å². The Kier molecular flexibility index (Phi) is 4.57. The fourth-order valence-electron chi connectivity index (χ4n) is 3.03. The van der Waals surface area contributed by atoms with Crippen LogP contribution in [0.25, 0.3) is 0 Å². The van der Waals surface area contributed by atoms with E-state index >= 15 is 0 Å². The number of rotatable bonds is 3. The van der Waals surface area contributed by atoms with Gasteiger partial charge in [0.15, 0.2) is 0 Å². The second-order valence-corrected chi connectivity index (χ2v) is 6.09. The molecule has 0 unspecified atom stereocenters. The van der Waals surface area contributed by atoms with E-state index in [0.717, 1.165) is 43.7 Å². The summed E-state index contributed by atoms with van der Waals surface area (Å²) in [6, 6.07) is 6.80. The number of methoxy groups -OCH3 is 1. The summed E-state index contributed by atoms with van der Waals surface area (Å²) in [5, 5.41) is 0.0210. The maximum absolute atomic E-state index is 12.8. The molecule has 2 aliphatic rings. The van der Waals surface area contributed by atoms with E-state index in [2.05, 4.69) is 0 Å². The first-order valence-electron chi connectivity index (χ1n) is 7.81. The van der Waals surface area contributed by atoms with Crippen molar-refractivity contribution in [2.24, 2.45) is 0 Å². The summed E-state index contributed by atoms with van der Waals surface area (Å²) in [6.45, 7) is 1.53. The number of carbonyl (C=O) groups is 2. The standard InChI is InChI=1S/C17H19ClN2O3/c1-23-13-8-6-12(7-9-13)20-16(21)14(18)15(17(20)22)19-10-4-2-3-5-11-19/h6-9H,2-5,10-11H2,1H3. The summed E-state index contributed by atoms with van der Waals surface area (Å²) in [5.74, 6) is -0.132. The molecule has 0 bridgehead atoms. The Labute approximate surface area is 140 Å². The predicted molar refractivity (Wildman–Crippen MR) is 88.4 cm³/mol. The molecule has 1 saturated heterocycles. The topological polar surface area (TPSA) is 49.9 Å². The van der Waals surface area contributed by atoms with Gasteiger partial charge in [-0.1, -0.05) is 24.4 Å². The van der Waals surface area contributed by atoms with Crippen LogP contribution in [0.3, 0.4) is 0 Å². The van der Waals surface area contributed by atoms with Crippen LogP contribution in [0.2, 0.25) is 0 Å². The Hall–Kier alpha value is -2.01. The van der Waals surface area contributed by atoms with Gasteiger partial charge in [0.2, 0.25) is 0 Å². The molecule has 0 aromatic heterocycles. The van der Waals surface area contributed by atoms with Gasteiger partial charge in [0, 0.05) is 13.1 Å². The summed E-state index contributed by atoms with van der Waals surface area (Å²) in [5.41, 5.74) is 0.846. The number of hydrogen-bond donors (Lipinski definition) is 0. The van der Waals surface area contributed by atoms with Gasteiger partial charge in [-0.25, -0.2) is 4.90 Å². The van der Waals surface area contributed by atoms with E-state index in [9.17, 15) is 9.59 Å². The van der Waals surface area contributed by atoms with E-state index < -0.39 is 5.91 Å². The lowest BCUT2D eigenvalue weighted by atomic mass is 10.2. The lowest BCUT2D eigenvalue weighted by Crippen LogP contribution is -2.35. The van der Waals surface area contributed by atoms with Gasteiger partial charge in [-0.15, -0.1) is 0 Å². The van der Waals surface area contributed by atoms with Crippen molar-refractivity contribution in [1.29, 1.82) is 0 Å². The Bertz CT molecular complexity index is 646. The zero-order valence-electron chi connectivity index (χ0n) is 13.0. The summed E-state index contributed by atoms with van der Waals surface area (Å²) in [7, 11) is 1.57. The minimum Gasteiger partial charge on any atom is -0.497 e. The van der Waals surface area contributed by atoms with E-state index in [4.69, 9.17) is 16.3 Å².